The zero-order chi connectivity index (χ0) is 25.7. The highest BCUT2D eigenvalue weighted by molar-refractivity contribution is 5.85. The first-order valence-electron chi connectivity index (χ1n) is 14.6. The lowest BCUT2D eigenvalue weighted by Crippen LogP contribution is -2.64. The highest BCUT2D eigenvalue weighted by Gasteiger charge is 2.69. The first-order chi connectivity index (χ1) is 16.2. The summed E-state index contributed by atoms with van der Waals surface area (Å²) in [6, 6.07) is 0. The number of ether oxygens (including phenoxy) is 1. The van der Waals surface area contributed by atoms with Crippen LogP contribution >= 0.6 is 0 Å². The van der Waals surface area contributed by atoms with Crippen molar-refractivity contribution in [2.45, 2.75) is 120 Å². The molecule has 7 atom stereocenters. The van der Waals surface area contributed by atoms with E-state index < -0.39 is 0 Å². The van der Waals surface area contributed by atoms with E-state index in [0.717, 1.165) is 57.8 Å². The van der Waals surface area contributed by atoms with Crippen molar-refractivity contribution in [3.8, 4) is 0 Å². The summed E-state index contributed by atoms with van der Waals surface area (Å²) >= 11 is 0. The smallest absolute Gasteiger partial charge is 0.312 e. The number of hydrogen-bond donors (Lipinski definition) is 0. The van der Waals surface area contributed by atoms with Gasteiger partial charge in [-0.3, -0.25) is 9.59 Å². The molecule has 0 aromatic carbocycles. The molecule has 3 heteroatoms. The molecule has 0 saturated heterocycles. The van der Waals surface area contributed by atoms with Crippen LogP contribution in [0.1, 0.15) is 120 Å². The predicted molar refractivity (Wildman–Crippen MR) is 141 cm³/mol. The van der Waals surface area contributed by atoms with Crippen LogP contribution in [-0.4, -0.2) is 18.4 Å². The third kappa shape index (κ3) is 3.21. The zero-order valence-corrected chi connectivity index (χ0v) is 23.8. The van der Waals surface area contributed by atoms with Crippen LogP contribution in [-0.2, 0) is 14.3 Å². The van der Waals surface area contributed by atoms with Gasteiger partial charge in [0.1, 0.15) is 5.78 Å². The summed E-state index contributed by atoms with van der Waals surface area (Å²) in [4.78, 5) is 26.5. The molecule has 5 aliphatic carbocycles. The number of Topliss-reactive ketones (excluding diaryl/α,β-unsaturated/α-hetero) is 1. The molecule has 5 aliphatic rings. The Morgan fingerprint density at radius 1 is 0.943 bits per heavy atom. The highest BCUT2D eigenvalue weighted by atomic mass is 16.5. The summed E-state index contributed by atoms with van der Waals surface area (Å²) in [5, 5.41) is 0. The molecule has 4 saturated carbocycles. The van der Waals surface area contributed by atoms with Gasteiger partial charge in [0.25, 0.3) is 0 Å². The van der Waals surface area contributed by atoms with Crippen molar-refractivity contribution in [3.63, 3.8) is 0 Å². The molecule has 0 spiro atoms. The largest absolute Gasteiger partial charge is 0.466 e. The Morgan fingerprint density at radius 2 is 1.63 bits per heavy atom. The standard InChI is InChI=1S/C32H50O3/c1-9-35-26(34)32-18-16-27(2,3)20-22(32)21-10-11-24-29(6)14-13-25(33)28(4,5)23(29)12-15-31(24,8)30(21,7)17-19-32/h10,22-24H,9,11-20H2,1-8H3/t22-,23+,24+,29-,30+,31+,32-/m0/s1. The minimum Gasteiger partial charge on any atom is -0.466 e. The Labute approximate surface area is 214 Å². The fourth-order valence-corrected chi connectivity index (χ4v) is 10.7. The number of carbonyl (C=O) groups is 2. The molecule has 0 heterocycles. The first kappa shape index (κ1) is 25.5. The van der Waals surface area contributed by atoms with Crippen molar-refractivity contribution >= 4 is 11.8 Å². The quantitative estimate of drug-likeness (QED) is 0.296. The van der Waals surface area contributed by atoms with E-state index in [1.54, 1.807) is 5.57 Å². The van der Waals surface area contributed by atoms with Gasteiger partial charge in [-0.1, -0.05) is 60.1 Å². The van der Waals surface area contributed by atoms with Crippen LogP contribution in [0.15, 0.2) is 11.6 Å². The van der Waals surface area contributed by atoms with Crippen molar-refractivity contribution < 1.29 is 14.3 Å². The maximum atomic E-state index is 13.6. The van der Waals surface area contributed by atoms with Crippen molar-refractivity contribution in [1.29, 1.82) is 0 Å². The van der Waals surface area contributed by atoms with E-state index in [1.807, 2.05) is 6.92 Å². The number of rotatable bonds is 2. The lowest BCUT2D eigenvalue weighted by Gasteiger charge is -2.70. The summed E-state index contributed by atoms with van der Waals surface area (Å²) in [5.41, 5.74) is 1.84. The van der Waals surface area contributed by atoms with E-state index in [-0.39, 0.29) is 38.5 Å². The van der Waals surface area contributed by atoms with Crippen LogP contribution in [0.25, 0.3) is 0 Å². The number of esters is 1. The van der Waals surface area contributed by atoms with E-state index >= 15 is 0 Å². The molecule has 0 N–H and O–H groups in total. The Balaban J connectivity index is 1.59. The van der Waals surface area contributed by atoms with Gasteiger partial charge in [-0.25, -0.2) is 0 Å². The molecule has 0 amide bonds. The molecule has 0 radical (unpaired) electrons. The van der Waals surface area contributed by atoms with Crippen LogP contribution in [0.3, 0.4) is 0 Å². The highest BCUT2D eigenvalue weighted by Crippen LogP contribution is 2.75. The van der Waals surface area contributed by atoms with Gasteiger partial charge in [0.15, 0.2) is 0 Å². The lowest BCUT2D eigenvalue weighted by molar-refractivity contribution is -0.191. The third-order valence-corrected chi connectivity index (χ3v) is 13.1. The number of carbonyl (C=O) groups excluding carboxylic acids is 2. The molecule has 196 valence electrons. The van der Waals surface area contributed by atoms with Gasteiger partial charge in [0, 0.05) is 11.8 Å². The van der Waals surface area contributed by atoms with Crippen LogP contribution in [0.2, 0.25) is 0 Å². The Hall–Kier alpha value is -1.12. The second-order valence-corrected chi connectivity index (χ2v) is 15.2. The number of ketones is 1. The summed E-state index contributed by atoms with van der Waals surface area (Å²) < 4.78 is 5.78. The van der Waals surface area contributed by atoms with Crippen molar-refractivity contribution in [2.24, 2.45) is 50.2 Å². The third-order valence-electron chi connectivity index (χ3n) is 13.1. The molecular weight excluding hydrogens is 432 g/mol. The monoisotopic (exact) mass is 482 g/mol. The molecule has 3 nitrogen and oxygen atoms in total. The van der Waals surface area contributed by atoms with Crippen LogP contribution in [0, 0.1) is 50.2 Å². The summed E-state index contributed by atoms with van der Waals surface area (Å²) in [6.45, 7) is 19.4. The molecule has 0 aliphatic heterocycles. The Morgan fingerprint density at radius 3 is 2.31 bits per heavy atom. The van der Waals surface area contributed by atoms with Gasteiger partial charge in [-0.05, 0) is 104 Å². The van der Waals surface area contributed by atoms with Gasteiger partial charge in [-0.2, -0.15) is 0 Å². The van der Waals surface area contributed by atoms with Crippen molar-refractivity contribution in [1.82, 2.24) is 0 Å². The minimum absolute atomic E-state index is 0.0685. The van der Waals surface area contributed by atoms with E-state index in [1.165, 1.54) is 6.42 Å². The summed E-state index contributed by atoms with van der Waals surface area (Å²) in [6.07, 6.45) is 13.1. The van der Waals surface area contributed by atoms with Crippen LogP contribution < -0.4 is 0 Å². The fourth-order valence-electron chi connectivity index (χ4n) is 10.7. The van der Waals surface area contributed by atoms with Crippen LogP contribution in [0.5, 0.6) is 0 Å². The second kappa shape index (κ2) is 7.70. The molecule has 0 aromatic rings. The molecule has 0 bridgehead atoms. The number of hydrogen-bond acceptors (Lipinski definition) is 3. The van der Waals surface area contributed by atoms with Crippen LogP contribution in [0.4, 0.5) is 0 Å². The van der Waals surface area contributed by atoms with Gasteiger partial charge in [0.05, 0.1) is 12.0 Å². The van der Waals surface area contributed by atoms with Gasteiger partial charge >= 0.3 is 5.97 Å². The van der Waals surface area contributed by atoms with Gasteiger partial charge in [-0.15, -0.1) is 0 Å². The van der Waals surface area contributed by atoms with Crippen molar-refractivity contribution in [2.75, 3.05) is 6.61 Å². The first-order valence-corrected chi connectivity index (χ1v) is 14.6. The topological polar surface area (TPSA) is 43.4 Å². The van der Waals surface area contributed by atoms with E-state index in [2.05, 4.69) is 54.5 Å². The Kier molecular flexibility index (Phi) is 5.62. The maximum absolute atomic E-state index is 13.6. The van der Waals surface area contributed by atoms with E-state index in [4.69, 9.17) is 4.74 Å². The summed E-state index contributed by atoms with van der Waals surface area (Å²) in [7, 11) is 0. The van der Waals surface area contributed by atoms with Gasteiger partial charge < -0.3 is 4.74 Å². The molecule has 5 rings (SSSR count). The molecule has 4 fully saturated rings. The van der Waals surface area contributed by atoms with Gasteiger partial charge in [0.2, 0.25) is 0 Å². The van der Waals surface area contributed by atoms with Crippen molar-refractivity contribution in [3.05, 3.63) is 11.6 Å². The maximum Gasteiger partial charge on any atom is 0.312 e. The van der Waals surface area contributed by atoms with E-state index in [9.17, 15) is 9.59 Å². The molecule has 35 heavy (non-hydrogen) atoms. The van der Waals surface area contributed by atoms with E-state index in [0.29, 0.717) is 30.1 Å². The number of fused-ring (bicyclic) bond motifs is 7. The molecule has 0 aromatic heterocycles. The predicted octanol–water partition coefficient (Wildman–Crippen LogP) is 7.92. The SMILES string of the molecule is CCOC(=O)[C@]12CCC(C)(C)C[C@H]1C1=CC[C@@H]3[C@@]4(C)CCC(=O)C(C)(C)[C@H]4CC[C@@]3(C)[C@]1(C)CC2. The fraction of sp³-hybridized carbons (Fsp3) is 0.875. The summed E-state index contributed by atoms with van der Waals surface area (Å²) in [5.74, 6) is 1.92. The molecular formula is C32H50O3. The number of allylic oxidation sites excluding steroid dienone is 2. The lowest BCUT2D eigenvalue weighted by atomic mass is 9.33. The second-order valence-electron chi connectivity index (χ2n) is 15.2. The average molecular weight is 483 g/mol. The molecule has 0 unspecified atom stereocenters. The Bertz CT molecular complexity index is 958. The average Bonchev–Trinajstić information content (AvgIpc) is 2.77. The zero-order valence-electron chi connectivity index (χ0n) is 23.8. The normalized spacial score (nSPS) is 47.9. The minimum atomic E-state index is -0.333.